The highest BCUT2D eigenvalue weighted by molar-refractivity contribution is 5.79. The average Bonchev–Trinajstić information content (AvgIpc) is 2.21. The van der Waals surface area contributed by atoms with Gasteiger partial charge in [0.05, 0.1) is 0 Å². The second kappa shape index (κ2) is 5.69. The van der Waals surface area contributed by atoms with Gasteiger partial charge in [-0.05, 0) is 26.7 Å². The topological polar surface area (TPSA) is 81.7 Å². The van der Waals surface area contributed by atoms with Gasteiger partial charge in [-0.25, -0.2) is 9.80 Å². The first-order valence-corrected chi connectivity index (χ1v) is 5.55. The normalized spacial score (nSPS) is 26.1. The Balaban J connectivity index is 2.39. The lowest BCUT2D eigenvalue weighted by molar-refractivity contribution is -0.135. The third kappa shape index (κ3) is 3.69. The number of hydrogen-bond donors (Lipinski definition) is 3. The quantitative estimate of drug-likeness (QED) is 0.660. The molecular weight excluding hydrogens is 210 g/mol. The van der Waals surface area contributed by atoms with Crippen molar-refractivity contribution in [1.82, 2.24) is 15.8 Å². The number of piperidine rings is 1. The Morgan fingerprint density at radius 3 is 2.38 bits per heavy atom. The number of rotatable bonds is 3. The van der Waals surface area contributed by atoms with E-state index in [4.69, 9.17) is 5.11 Å². The van der Waals surface area contributed by atoms with E-state index in [1.807, 2.05) is 18.9 Å². The van der Waals surface area contributed by atoms with Crippen LogP contribution in [0.1, 0.15) is 33.1 Å². The van der Waals surface area contributed by atoms with E-state index >= 15 is 0 Å². The number of amides is 2. The number of hydrogen-bond acceptors (Lipinski definition) is 3. The van der Waals surface area contributed by atoms with Gasteiger partial charge in [-0.15, -0.1) is 0 Å². The van der Waals surface area contributed by atoms with Gasteiger partial charge in [0.1, 0.15) is 6.54 Å². The highest BCUT2D eigenvalue weighted by atomic mass is 16.4. The van der Waals surface area contributed by atoms with Crippen molar-refractivity contribution in [2.24, 2.45) is 0 Å². The fourth-order valence-electron chi connectivity index (χ4n) is 1.95. The highest BCUT2D eigenvalue weighted by Crippen LogP contribution is 2.19. The van der Waals surface area contributed by atoms with Crippen LogP contribution < -0.4 is 10.7 Å². The van der Waals surface area contributed by atoms with Crippen molar-refractivity contribution in [3.63, 3.8) is 0 Å². The van der Waals surface area contributed by atoms with Crippen molar-refractivity contribution in [3.05, 3.63) is 0 Å². The Morgan fingerprint density at radius 1 is 1.31 bits per heavy atom. The second-order valence-electron chi connectivity index (χ2n) is 4.22. The van der Waals surface area contributed by atoms with Crippen LogP contribution in [-0.4, -0.2) is 40.7 Å². The zero-order valence-corrected chi connectivity index (χ0v) is 9.69. The third-order valence-electron chi connectivity index (χ3n) is 2.82. The first-order valence-electron chi connectivity index (χ1n) is 5.55. The standard InChI is InChI=1S/C10H19N3O3/c1-7-4-3-5-8(2)13(7)12-10(16)11-6-9(14)15/h7-8H,3-6H2,1-2H3,(H,14,15)(H2,11,12,16). The lowest BCUT2D eigenvalue weighted by Gasteiger charge is -2.38. The van der Waals surface area contributed by atoms with E-state index in [0.29, 0.717) is 12.1 Å². The molecular formula is C10H19N3O3. The summed E-state index contributed by atoms with van der Waals surface area (Å²) in [5, 5.41) is 12.6. The largest absolute Gasteiger partial charge is 0.480 e. The average molecular weight is 229 g/mol. The molecule has 1 saturated heterocycles. The van der Waals surface area contributed by atoms with E-state index in [-0.39, 0.29) is 6.54 Å². The number of nitrogens with one attached hydrogen (secondary N) is 2. The van der Waals surface area contributed by atoms with Crippen LogP contribution in [-0.2, 0) is 4.79 Å². The Bertz CT molecular complexity index is 260. The Morgan fingerprint density at radius 2 is 1.88 bits per heavy atom. The molecule has 6 nitrogen and oxygen atoms in total. The molecule has 2 amide bonds. The maximum Gasteiger partial charge on any atom is 0.329 e. The fourth-order valence-corrected chi connectivity index (χ4v) is 1.95. The monoisotopic (exact) mass is 229 g/mol. The molecule has 3 N–H and O–H groups in total. The fraction of sp³-hybridized carbons (Fsp3) is 0.800. The number of carbonyl (C=O) groups excluding carboxylic acids is 1. The molecule has 0 radical (unpaired) electrons. The van der Waals surface area contributed by atoms with Gasteiger partial charge in [0.2, 0.25) is 0 Å². The molecule has 16 heavy (non-hydrogen) atoms. The molecule has 0 aromatic rings. The van der Waals surface area contributed by atoms with Gasteiger partial charge in [-0.1, -0.05) is 6.42 Å². The van der Waals surface area contributed by atoms with Gasteiger partial charge in [0.15, 0.2) is 0 Å². The van der Waals surface area contributed by atoms with E-state index in [1.165, 1.54) is 0 Å². The van der Waals surface area contributed by atoms with Crippen molar-refractivity contribution < 1.29 is 14.7 Å². The van der Waals surface area contributed by atoms with E-state index in [9.17, 15) is 9.59 Å². The molecule has 0 aromatic heterocycles. The number of aliphatic carboxylic acids is 1. The molecule has 6 heteroatoms. The van der Waals surface area contributed by atoms with Crippen molar-refractivity contribution in [1.29, 1.82) is 0 Å². The molecule has 2 atom stereocenters. The van der Waals surface area contributed by atoms with E-state index in [1.54, 1.807) is 0 Å². The first-order chi connectivity index (χ1) is 7.50. The molecule has 1 aliphatic rings. The number of nitrogens with zero attached hydrogens (tertiary/aromatic N) is 1. The van der Waals surface area contributed by atoms with Crippen molar-refractivity contribution >= 4 is 12.0 Å². The van der Waals surface area contributed by atoms with Crippen molar-refractivity contribution in [3.8, 4) is 0 Å². The van der Waals surface area contributed by atoms with E-state index in [2.05, 4.69) is 10.7 Å². The smallest absolute Gasteiger partial charge is 0.329 e. The minimum Gasteiger partial charge on any atom is -0.480 e. The second-order valence-corrected chi connectivity index (χ2v) is 4.22. The van der Waals surface area contributed by atoms with Crippen LogP contribution in [0.3, 0.4) is 0 Å². The molecule has 0 spiro atoms. The summed E-state index contributed by atoms with van der Waals surface area (Å²) in [5.41, 5.74) is 2.69. The van der Waals surface area contributed by atoms with Crippen LogP contribution in [0.15, 0.2) is 0 Å². The minimum absolute atomic E-state index is 0.291. The zero-order chi connectivity index (χ0) is 12.1. The molecule has 92 valence electrons. The van der Waals surface area contributed by atoms with E-state index in [0.717, 1.165) is 19.3 Å². The summed E-state index contributed by atoms with van der Waals surface area (Å²) in [6, 6.07) is 0.127. The molecule has 2 unspecified atom stereocenters. The SMILES string of the molecule is CC1CCCC(C)N1NC(=O)NCC(=O)O. The Kier molecular flexibility index (Phi) is 4.54. The lowest BCUT2D eigenvalue weighted by Crippen LogP contribution is -2.56. The Hall–Kier alpha value is -1.30. The van der Waals surface area contributed by atoms with Gasteiger partial charge < -0.3 is 10.4 Å². The number of urea groups is 1. The van der Waals surface area contributed by atoms with Gasteiger partial charge in [-0.2, -0.15) is 0 Å². The summed E-state index contributed by atoms with van der Waals surface area (Å²) in [5.74, 6) is -1.05. The summed E-state index contributed by atoms with van der Waals surface area (Å²) in [6.07, 6.45) is 3.25. The maximum absolute atomic E-state index is 11.4. The molecule has 1 rings (SSSR count). The van der Waals surface area contributed by atoms with Crippen LogP contribution in [0.5, 0.6) is 0 Å². The summed E-state index contributed by atoms with van der Waals surface area (Å²) in [7, 11) is 0. The maximum atomic E-state index is 11.4. The summed E-state index contributed by atoms with van der Waals surface area (Å²) < 4.78 is 0. The van der Waals surface area contributed by atoms with E-state index < -0.39 is 12.0 Å². The minimum atomic E-state index is -1.05. The molecule has 1 aliphatic heterocycles. The molecule has 0 bridgehead atoms. The summed E-state index contributed by atoms with van der Waals surface area (Å²) >= 11 is 0. The van der Waals surface area contributed by atoms with Crippen molar-refractivity contribution in [2.75, 3.05) is 6.54 Å². The first kappa shape index (κ1) is 12.8. The van der Waals surface area contributed by atoms with Crippen LogP contribution in [0.4, 0.5) is 4.79 Å². The summed E-state index contributed by atoms with van der Waals surface area (Å²) in [4.78, 5) is 21.6. The van der Waals surface area contributed by atoms with Crippen LogP contribution in [0.2, 0.25) is 0 Å². The third-order valence-corrected chi connectivity index (χ3v) is 2.82. The lowest BCUT2D eigenvalue weighted by atomic mass is 10.00. The van der Waals surface area contributed by atoms with Crippen LogP contribution in [0.25, 0.3) is 0 Å². The molecule has 0 saturated carbocycles. The predicted octanol–water partition coefficient (Wildman–Crippen LogP) is 0.548. The molecule has 0 aliphatic carbocycles. The van der Waals surface area contributed by atoms with Crippen LogP contribution in [0, 0.1) is 0 Å². The highest BCUT2D eigenvalue weighted by Gasteiger charge is 2.25. The Labute approximate surface area is 95.0 Å². The van der Waals surface area contributed by atoms with Gasteiger partial charge in [0.25, 0.3) is 0 Å². The number of hydrazine groups is 1. The number of carbonyl (C=O) groups is 2. The molecule has 1 heterocycles. The zero-order valence-electron chi connectivity index (χ0n) is 9.69. The molecule has 0 aromatic carbocycles. The number of carboxylic acids is 1. The molecule has 1 fully saturated rings. The van der Waals surface area contributed by atoms with Gasteiger partial charge >= 0.3 is 12.0 Å². The van der Waals surface area contributed by atoms with Crippen molar-refractivity contribution in [2.45, 2.75) is 45.2 Å². The summed E-state index contributed by atoms with van der Waals surface area (Å²) in [6.45, 7) is 3.74. The van der Waals surface area contributed by atoms with Gasteiger partial charge in [0, 0.05) is 12.1 Å². The predicted molar refractivity (Wildman–Crippen MR) is 58.8 cm³/mol. The van der Waals surface area contributed by atoms with Gasteiger partial charge in [-0.3, -0.25) is 10.2 Å². The van der Waals surface area contributed by atoms with Crippen LogP contribution >= 0.6 is 0 Å². The number of carboxylic acid groups (broad SMARTS) is 1.